The highest BCUT2D eigenvalue weighted by Crippen LogP contribution is 2.32. The van der Waals surface area contributed by atoms with Gasteiger partial charge in [0.25, 0.3) is 0 Å². The van der Waals surface area contributed by atoms with E-state index in [2.05, 4.69) is 18.7 Å². The van der Waals surface area contributed by atoms with Crippen LogP contribution in [0.2, 0.25) is 0 Å². The molecule has 0 bridgehead atoms. The smallest absolute Gasteiger partial charge is 0.227 e. The zero-order chi connectivity index (χ0) is 25.2. The van der Waals surface area contributed by atoms with Crippen molar-refractivity contribution in [2.75, 3.05) is 40.0 Å². The van der Waals surface area contributed by atoms with Crippen LogP contribution in [-0.2, 0) is 16.0 Å². The number of hydrogen-bond donors (Lipinski definition) is 1. The van der Waals surface area contributed by atoms with Crippen molar-refractivity contribution in [1.82, 2.24) is 14.7 Å². The van der Waals surface area contributed by atoms with E-state index in [1.54, 1.807) is 30.0 Å². The Balaban J connectivity index is 1.90. The number of hydrogen-bond acceptors (Lipinski definition) is 6. The third-order valence-corrected chi connectivity index (χ3v) is 5.41. The number of methoxy groups -OCH3 is 1. The van der Waals surface area contributed by atoms with E-state index in [1.807, 2.05) is 37.3 Å². The Kier molecular flexibility index (Phi) is 10.2. The van der Waals surface area contributed by atoms with Crippen LogP contribution in [0.5, 0.6) is 11.6 Å². The van der Waals surface area contributed by atoms with E-state index in [9.17, 15) is 9.50 Å². The molecule has 0 saturated heterocycles. The molecule has 1 N–H and O–H groups in total. The molecule has 35 heavy (non-hydrogen) atoms. The average Bonchev–Trinajstić information content (AvgIpc) is 3.14. The highest BCUT2D eigenvalue weighted by Gasteiger charge is 2.23. The van der Waals surface area contributed by atoms with Crippen molar-refractivity contribution in [1.29, 1.82) is 0 Å². The minimum atomic E-state index is -0.661. The fourth-order valence-electron chi connectivity index (χ4n) is 3.67. The van der Waals surface area contributed by atoms with Crippen LogP contribution in [-0.4, -0.2) is 65.9 Å². The van der Waals surface area contributed by atoms with Gasteiger partial charge in [-0.3, -0.25) is 4.90 Å². The van der Waals surface area contributed by atoms with Gasteiger partial charge in [0.15, 0.2) is 11.6 Å². The summed E-state index contributed by atoms with van der Waals surface area (Å²) in [7, 11) is 1.64. The zero-order valence-corrected chi connectivity index (χ0v) is 21.0. The quantitative estimate of drug-likeness (QED) is 0.360. The maximum atomic E-state index is 14.5. The number of ether oxygens (including phenoxy) is 3. The van der Waals surface area contributed by atoms with Crippen LogP contribution in [0, 0.1) is 18.7 Å². The van der Waals surface area contributed by atoms with Crippen molar-refractivity contribution in [3.8, 4) is 17.3 Å². The van der Waals surface area contributed by atoms with Gasteiger partial charge in [0, 0.05) is 33.4 Å². The summed E-state index contributed by atoms with van der Waals surface area (Å²) < 4.78 is 33.2. The molecule has 0 aliphatic carbocycles. The van der Waals surface area contributed by atoms with Gasteiger partial charge >= 0.3 is 0 Å². The molecular weight excluding hydrogens is 449 g/mol. The minimum absolute atomic E-state index is 0.122. The fraction of sp³-hybridized carbons (Fsp3) is 0.444. The lowest BCUT2D eigenvalue weighted by Gasteiger charge is -2.25. The normalized spacial score (nSPS) is 12.5. The lowest BCUT2D eigenvalue weighted by atomic mass is 10.2. The molecule has 3 aromatic rings. The molecule has 3 rings (SSSR count). The Morgan fingerprint density at radius 1 is 1.06 bits per heavy atom. The van der Waals surface area contributed by atoms with Gasteiger partial charge in [0.05, 0.1) is 36.3 Å². The van der Waals surface area contributed by atoms with Gasteiger partial charge in [0.2, 0.25) is 5.88 Å². The summed E-state index contributed by atoms with van der Waals surface area (Å²) in [5, 5.41) is 15.3. The van der Waals surface area contributed by atoms with Crippen LogP contribution in [0.3, 0.4) is 0 Å². The second-order valence-corrected chi connectivity index (χ2v) is 8.96. The molecule has 0 radical (unpaired) electrons. The second kappa shape index (κ2) is 13.3. The van der Waals surface area contributed by atoms with Crippen LogP contribution in [0.25, 0.3) is 5.69 Å². The van der Waals surface area contributed by atoms with E-state index in [0.717, 1.165) is 16.9 Å². The Morgan fingerprint density at radius 3 is 2.46 bits per heavy atom. The fourth-order valence-corrected chi connectivity index (χ4v) is 3.67. The number of benzene rings is 2. The van der Waals surface area contributed by atoms with E-state index in [0.29, 0.717) is 44.6 Å². The van der Waals surface area contributed by atoms with E-state index in [4.69, 9.17) is 19.3 Å². The molecule has 0 unspecified atom stereocenters. The van der Waals surface area contributed by atoms with Crippen LogP contribution < -0.4 is 4.74 Å². The Morgan fingerprint density at radius 2 is 1.77 bits per heavy atom. The average molecular weight is 486 g/mol. The predicted molar refractivity (Wildman–Crippen MR) is 134 cm³/mol. The summed E-state index contributed by atoms with van der Waals surface area (Å²) in [5.74, 6) is 0.505. The Bertz CT molecular complexity index is 1040. The molecule has 0 spiro atoms. The number of aliphatic hydroxyl groups is 1. The van der Waals surface area contributed by atoms with Gasteiger partial charge < -0.3 is 19.3 Å². The highest BCUT2D eigenvalue weighted by atomic mass is 19.1. The van der Waals surface area contributed by atoms with Gasteiger partial charge in [-0.1, -0.05) is 44.2 Å². The highest BCUT2D eigenvalue weighted by molar-refractivity contribution is 5.43. The van der Waals surface area contributed by atoms with Crippen LogP contribution in [0.4, 0.5) is 4.39 Å². The number of aromatic nitrogens is 2. The van der Waals surface area contributed by atoms with Crippen LogP contribution in [0.1, 0.15) is 25.1 Å². The van der Waals surface area contributed by atoms with Crippen molar-refractivity contribution < 1.29 is 23.7 Å². The molecule has 7 nitrogen and oxygen atoms in total. The molecule has 1 heterocycles. The van der Waals surface area contributed by atoms with Gasteiger partial charge in [0.1, 0.15) is 0 Å². The van der Waals surface area contributed by atoms with Crippen molar-refractivity contribution in [3.63, 3.8) is 0 Å². The molecular formula is C27H36FN3O4. The number of rotatable bonds is 14. The Labute approximate surface area is 207 Å². The van der Waals surface area contributed by atoms with E-state index in [-0.39, 0.29) is 12.4 Å². The summed E-state index contributed by atoms with van der Waals surface area (Å²) in [6.07, 6.45) is -0.661. The van der Waals surface area contributed by atoms with Crippen molar-refractivity contribution >= 4 is 0 Å². The number of para-hydroxylation sites is 2. The van der Waals surface area contributed by atoms with Crippen LogP contribution >= 0.6 is 0 Å². The Hall–Kier alpha value is -2.78. The molecule has 0 saturated carbocycles. The number of nitrogens with zero attached hydrogens (tertiary/aromatic N) is 3. The molecule has 190 valence electrons. The summed E-state index contributed by atoms with van der Waals surface area (Å²) in [6.45, 7) is 8.80. The lowest BCUT2D eigenvalue weighted by molar-refractivity contribution is 0.00323. The third kappa shape index (κ3) is 7.86. The predicted octanol–water partition coefficient (Wildman–Crippen LogP) is 4.59. The molecule has 1 atom stereocenters. The molecule has 8 heteroatoms. The summed E-state index contributed by atoms with van der Waals surface area (Å²) in [5.41, 5.74) is 2.37. The van der Waals surface area contributed by atoms with E-state index >= 15 is 0 Å². The summed E-state index contributed by atoms with van der Waals surface area (Å²) in [6, 6.07) is 15.9. The largest absolute Gasteiger partial charge is 0.435 e. The van der Waals surface area contributed by atoms with Gasteiger partial charge in [-0.05, 0) is 37.1 Å². The zero-order valence-electron chi connectivity index (χ0n) is 21.0. The summed E-state index contributed by atoms with van der Waals surface area (Å²) in [4.78, 5) is 2.07. The molecule has 2 aromatic carbocycles. The molecule has 0 aliphatic heterocycles. The number of halogens is 1. The number of aryl methyl sites for hydroxylation is 1. The molecule has 0 fully saturated rings. The van der Waals surface area contributed by atoms with Crippen molar-refractivity contribution in [2.45, 2.75) is 33.4 Å². The van der Waals surface area contributed by atoms with Crippen LogP contribution in [0.15, 0.2) is 54.6 Å². The molecule has 0 aliphatic rings. The second-order valence-electron chi connectivity index (χ2n) is 8.96. The first-order valence-electron chi connectivity index (χ1n) is 11.9. The van der Waals surface area contributed by atoms with Crippen molar-refractivity contribution in [3.05, 3.63) is 71.7 Å². The first kappa shape index (κ1) is 26.8. The molecule has 0 amide bonds. The first-order chi connectivity index (χ1) is 16.9. The molecule has 1 aromatic heterocycles. The van der Waals surface area contributed by atoms with Gasteiger partial charge in [-0.2, -0.15) is 5.10 Å². The van der Waals surface area contributed by atoms with E-state index < -0.39 is 11.9 Å². The topological polar surface area (TPSA) is 69.0 Å². The third-order valence-electron chi connectivity index (χ3n) is 5.41. The summed E-state index contributed by atoms with van der Waals surface area (Å²) >= 11 is 0. The maximum Gasteiger partial charge on any atom is 0.227 e. The van der Waals surface area contributed by atoms with Gasteiger partial charge in [-0.25, -0.2) is 9.07 Å². The monoisotopic (exact) mass is 485 g/mol. The van der Waals surface area contributed by atoms with E-state index in [1.165, 1.54) is 6.07 Å². The lowest BCUT2D eigenvalue weighted by Crippen LogP contribution is -2.37. The SMILES string of the molecule is COCCN(Cc1c(C)nn(-c2ccccc2)c1Oc1ccccc1F)C[C@@H](O)COCC(C)C. The standard InChI is InChI=1S/C27H36FN3O4/c1-20(2)18-34-19-23(32)16-30(14-15-33-4)17-24-21(3)29-31(22-10-6-5-7-11-22)27(24)35-26-13-9-8-12-25(26)28/h5-13,20,23,32H,14-19H2,1-4H3/t23-/m1/s1. The maximum absolute atomic E-state index is 14.5. The number of aliphatic hydroxyl groups excluding tert-OH is 1. The minimum Gasteiger partial charge on any atom is -0.435 e. The van der Waals surface area contributed by atoms with Crippen molar-refractivity contribution in [2.24, 2.45) is 5.92 Å². The first-order valence-corrected chi connectivity index (χ1v) is 11.9. The van der Waals surface area contributed by atoms with Gasteiger partial charge in [-0.15, -0.1) is 0 Å².